The van der Waals surface area contributed by atoms with Crippen LogP contribution in [0.5, 0.6) is 5.75 Å². The molecule has 1 aliphatic rings. The Labute approximate surface area is 182 Å². The fraction of sp³-hybridized carbons (Fsp3) is 0.320. The molecule has 2 aromatic carbocycles. The molecule has 1 fully saturated rings. The monoisotopic (exact) mass is 413 g/mol. The lowest BCUT2D eigenvalue weighted by Gasteiger charge is -2.23. The zero-order valence-corrected chi connectivity index (χ0v) is 17.6. The molecule has 31 heavy (non-hydrogen) atoms. The van der Waals surface area contributed by atoms with Crippen LogP contribution >= 0.6 is 0 Å². The number of ether oxygens (including phenoxy) is 1. The second-order valence-electron chi connectivity index (χ2n) is 7.97. The van der Waals surface area contributed by atoms with Gasteiger partial charge in [-0.3, -0.25) is 0 Å². The Morgan fingerprint density at radius 1 is 0.903 bits per heavy atom. The number of hydrogen-bond acceptors (Lipinski definition) is 5. The molecule has 2 heterocycles. The number of benzene rings is 2. The van der Waals surface area contributed by atoms with Crippen LogP contribution in [0, 0.1) is 0 Å². The van der Waals surface area contributed by atoms with Gasteiger partial charge in [0.25, 0.3) is 0 Å². The molecule has 0 bridgehead atoms. The molecule has 6 heteroatoms. The second-order valence-corrected chi connectivity index (χ2v) is 7.97. The Kier molecular flexibility index (Phi) is 5.78. The van der Waals surface area contributed by atoms with E-state index in [2.05, 4.69) is 9.88 Å². The molecule has 4 aromatic rings. The number of imidazole rings is 1. The zero-order chi connectivity index (χ0) is 20.9. The van der Waals surface area contributed by atoms with Crippen molar-refractivity contribution in [3.63, 3.8) is 0 Å². The van der Waals surface area contributed by atoms with E-state index in [1.807, 2.05) is 67.0 Å². The first-order valence-electron chi connectivity index (χ1n) is 11.1. The van der Waals surface area contributed by atoms with E-state index in [4.69, 9.17) is 19.7 Å². The Morgan fingerprint density at radius 2 is 1.65 bits per heavy atom. The van der Waals surface area contributed by atoms with Crippen LogP contribution < -0.4 is 10.1 Å². The average Bonchev–Trinajstić information content (AvgIpc) is 3.28. The highest BCUT2D eigenvalue weighted by atomic mass is 16.5. The predicted molar refractivity (Wildman–Crippen MR) is 123 cm³/mol. The summed E-state index contributed by atoms with van der Waals surface area (Å²) in [5, 5.41) is 3.43. The molecule has 0 spiro atoms. The van der Waals surface area contributed by atoms with Crippen LogP contribution in [-0.4, -0.2) is 32.7 Å². The average molecular weight is 414 g/mol. The van der Waals surface area contributed by atoms with Crippen molar-refractivity contribution in [2.75, 3.05) is 18.5 Å². The minimum absolute atomic E-state index is 0.464. The molecular weight excluding hydrogens is 386 g/mol. The van der Waals surface area contributed by atoms with Crippen LogP contribution in [-0.2, 0) is 0 Å². The molecule has 158 valence electrons. The molecule has 1 aliphatic carbocycles. The number of nitrogens with one attached hydrogen (secondary N) is 1. The predicted octanol–water partition coefficient (Wildman–Crippen LogP) is 5.49. The summed E-state index contributed by atoms with van der Waals surface area (Å²) in [4.78, 5) is 14.5. The Bertz CT molecular complexity index is 1120. The maximum atomic E-state index is 5.82. The quantitative estimate of drug-likeness (QED) is 0.406. The van der Waals surface area contributed by atoms with E-state index in [0.29, 0.717) is 19.2 Å². The molecule has 0 amide bonds. The van der Waals surface area contributed by atoms with Crippen LogP contribution in [0.3, 0.4) is 0 Å². The lowest BCUT2D eigenvalue weighted by Crippen LogP contribution is -2.14. The molecule has 0 atom stereocenters. The summed E-state index contributed by atoms with van der Waals surface area (Å²) in [5.41, 5.74) is 2.74. The first kappa shape index (κ1) is 19.5. The van der Waals surface area contributed by atoms with Crippen LogP contribution in [0.1, 0.15) is 38.1 Å². The normalized spacial score (nSPS) is 14.6. The lowest BCUT2D eigenvalue weighted by molar-refractivity contribution is 0.333. The van der Waals surface area contributed by atoms with Crippen molar-refractivity contribution in [3.8, 4) is 17.1 Å². The van der Waals surface area contributed by atoms with Crippen molar-refractivity contribution in [2.24, 2.45) is 0 Å². The smallest absolute Gasteiger partial charge is 0.166 e. The van der Waals surface area contributed by atoms with Crippen molar-refractivity contribution >= 4 is 17.0 Å². The third-order valence-corrected chi connectivity index (χ3v) is 5.83. The van der Waals surface area contributed by atoms with Crippen molar-refractivity contribution in [1.29, 1.82) is 0 Å². The van der Waals surface area contributed by atoms with Gasteiger partial charge < -0.3 is 14.6 Å². The summed E-state index contributed by atoms with van der Waals surface area (Å²) < 4.78 is 8.08. The van der Waals surface area contributed by atoms with Gasteiger partial charge in [-0.25, -0.2) is 15.0 Å². The van der Waals surface area contributed by atoms with Gasteiger partial charge in [0.2, 0.25) is 0 Å². The molecule has 0 saturated heterocycles. The van der Waals surface area contributed by atoms with Gasteiger partial charge in [0.1, 0.15) is 17.9 Å². The van der Waals surface area contributed by atoms with Gasteiger partial charge in [-0.1, -0.05) is 67.8 Å². The maximum Gasteiger partial charge on any atom is 0.166 e. The van der Waals surface area contributed by atoms with Gasteiger partial charge in [-0.2, -0.15) is 0 Å². The molecule has 1 N–H and O–H groups in total. The van der Waals surface area contributed by atoms with E-state index >= 15 is 0 Å². The summed E-state index contributed by atoms with van der Waals surface area (Å²) >= 11 is 0. The fourth-order valence-electron chi connectivity index (χ4n) is 4.24. The Morgan fingerprint density at radius 3 is 2.42 bits per heavy atom. The van der Waals surface area contributed by atoms with Gasteiger partial charge in [-0.15, -0.1) is 0 Å². The van der Waals surface area contributed by atoms with Gasteiger partial charge in [0, 0.05) is 11.6 Å². The van der Waals surface area contributed by atoms with Crippen molar-refractivity contribution in [1.82, 2.24) is 19.5 Å². The first-order valence-corrected chi connectivity index (χ1v) is 11.1. The zero-order valence-electron chi connectivity index (χ0n) is 17.6. The summed E-state index contributed by atoms with van der Waals surface area (Å²) in [7, 11) is 0. The highest BCUT2D eigenvalue weighted by Crippen LogP contribution is 2.32. The molecule has 5 rings (SSSR count). The molecule has 0 unspecified atom stereocenters. The largest absolute Gasteiger partial charge is 0.492 e. The molecule has 6 nitrogen and oxygen atoms in total. The van der Waals surface area contributed by atoms with Crippen LogP contribution in [0.15, 0.2) is 67.0 Å². The van der Waals surface area contributed by atoms with E-state index in [0.717, 1.165) is 34.1 Å². The van der Waals surface area contributed by atoms with Gasteiger partial charge in [-0.05, 0) is 25.0 Å². The van der Waals surface area contributed by atoms with E-state index in [-0.39, 0.29) is 0 Å². The number of aromatic nitrogens is 4. The number of hydrogen-bond donors (Lipinski definition) is 1. The minimum atomic E-state index is 0.464. The summed E-state index contributed by atoms with van der Waals surface area (Å²) in [6, 6.07) is 20.4. The van der Waals surface area contributed by atoms with Crippen molar-refractivity contribution in [2.45, 2.75) is 38.1 Å². The molecule has 0 aliphatic heterocycles. The van der Waals surface area contributed by atoms with E-state index in [1.165, 1.54) is 32.1 Å². The second kappa shape index (κ2) is 9.16. The summed E-state index contributed by atoms with van der Waals surface area (Å²) in [6.45, 7) is 1.17. The Hall–Kier alpha value is -3.41. The van der Waals surface area contributed by atoms with Crippen LogP contribution in [0.2, 0.25) is 0 Å². The van der Waals surface area contributed by atoms with Crippen LogP contribution in [0.25, 0.3) is 22.6 Å². The molecular formula is C25H27N5O. The highest BCUT2D eigenvalue weighted by Gasteiger charge is 2.21. The van der Waals surface area contributed by atoms with E-state index in [1.54, 1.807) is 0 Å². The minimum Gasteiger partial charge on any atom is -0.492 e. The van der Waals surface area contributed by atoms with Crippen molar-refractivity contribution < 1.29 is 4.74 Å². The first-order chi connectivity index (χ1) is 15.4. The number of fused-ring (bicyclic) bond motifs is 1. The molecule has 0 radical (unpaired) electrons. The van der Waals surface area contributed by atoms with Gasteiger partial charge >= 0.3 is 0 Å². The lowest BCUT2D eigenvalue weighted by atomic mass is 9.95. The third kappa shape index (κ3) is 4.38. The Balaban J connectivity index is 1.43. The van der Waals surface area contributed by atoms with Gasteiger partial charge in [0.15, 0.2) is 17.3 Å². The topological polar surface area (TPSA) is 64.9 Å². The van der Waals surface area contributed by atoms with Gasteiger partial charge in [0.05, 0.1) is 12.9 Å². The maximum absolute atomic E-state index is 5.82. The fourth-order valence-corrected chi connectivity index (χ4v) is 4.24. The number of nitrogens with zero attached hydrogens (tertiary/aromatic N) is 4. The van der Waals surface area contributed by atoms with E-state index < -0.39 is 0 Å². The summed E-state index contributed by atoms with van der Waals surface area (Å²) in [6.07, 6.45) is 8.16. The highest BCUT2D eigenvalue weighted by molar-refractivity contribution is 5.85. The number of anilines is 1. The standard InChI is InChI=1S/C25H27N5O/c1-4-10-19(11-5-1)23-28-24(26-16-17-31-21-14-8-3-9-15-21)22-25(29-23)30(18-27-22)20-12-6-2-7-13-20/h1,3-5,8-11,14-15,18,20H,2,6-7,12-13,16-17H2,(H,26,28,29). The number of para-hydroxylation sites is 1. The van der Waals surface area contributed by atoms with Crippen LogP contribution in [0.4, 0.5) is 5.82 Å². The molecule has 1 saturated carbocycles. The van der Waals surface area contributed by atoms with E-state index in [9.17, 15) is 0 Å². The number of rotatable bonds is 7. The third-order valence-electron chi connectivity index (χ3n) is 5.83. The molecule has 2 aromatic heterocycles. The SMILES string of the molecule is c1ccc(OCCNc2nc(-c3ccccc3)nc3c2ncn3C2CCCCC2)cc1. The summed E-state index contributed by atoms with van der Waals surface area (Å²) in [5.74, 6) is 2.34. The van der Waals surface area contributed by atoms with Crippen molar-refractivity contribution in [3.05, 3.63) is 67.0 Å².